The molecular weight excluding hydrogens is 267 g/mol. The van der Waals surface area contributed by atoms with Crippen LogP contribution < -0.4 is 5.73 Å². The number of rotatable bonds is 2. The molecule has 106 valence electrons. The molecule has 0 radical (unpaired) electrons. The molecule has 2 nitrogen and oxygen atoms in total. The zero-order chi connectivity index (χ0) is 14.9. The van der Waals surface area contributed by atoms with Gasteiger partial charge in [0.05, 0.1) is 5.56 Å². The third-order valence-electron chi connectivity index (χ3n) is 3.21. The molecule has 0 fully saturated rings. The van der Waals surface area contributed by atoms with Crippen LogP contribution in [-0.4, -0.2) is 5.11 Å². The molecule has 20 heavy (non-hydrogen) atoms. The Hall–Kier alpha value is -2.01. The van der Waals surface area contributed by atoms with E-state index >= 15 is 0 Å². The number of hydrogen-bond acceptors (Lipinski definition) is 2. The summed E-state index contributed by atoms with van der Waals surface area (Å²) in [7, 11) is 0. The van der Waals surface area contributed by atoms with Gasteiger partial charge < -0.3 is 10.8 Å². The van der Waals surface area contributed by atoms with Gasteiger partial charge in [-0.15, -0.1) is 0 Å². The summed E-state index contributed by atoms with van der Waals surface area (Å²) in [6.45, 7) is 1.74. The Morgan fingerprint density at radius 2 is 1.60 bits per heavy atom. The Balaban J connectivity index is 2.55. The highest BCUT2D eigenvalue weighted by Gasteiger charge is 2.35. The minimum atomic E-state index is -4.52. The normalized spacial score (nSPS) is 13.2. The largest absolute Gasteiger partial charge is 0.416 e. The Morgan fingerprint density at radius 3 is 2.25 bits per heavy atom. The summed E-state index contributed by atoms with van der Waals surface area (Å²) in [5.41, 5.74) is 6.08. The van der Waals surface area contributed by atoms with Crippen LogP contribution in [0.25, 0.3) is 0 Å². The number of aliphatic hydroxyl groups excluding tert-OH is 1. The van der Waals surface area contributed by atoms with E-state index in [4.69, 9.17) is 5.73 Å². The van der Waals surface area contributed by atoms with E-state index in [1.54, 1.807) is 19.1 Å². The molecule has 0 spiro atoms. The smallest absolute Gasteiger partial charge is 0.398 e. The van der Waals surface area contributed by atoms with Crippen LogP contribution >= 0.6 is 0 Å². The summed E-state index contributed by atoms with van der Waals surface area (Å²) in [6.07, 6.45) is -5.93. The van der Waals surface area contributed by atoms with Crippen LogP contribution in [0.4, 0.5) is 18.9 Å². The maximum absolute atomic E-state index is 13.0. The van der Waals surface area contributed by atoms with E-state index in [9.17, 15) is 18.3 Å². The van der Waals surface area contributed by atoms with Crippen molar-refractivity contribution in [1.82, 2.24) is 0 Å². The predicted octanol–water partition coefficient (Wildman–Crippen LogP) is 3.68. The molecule has 0 saturated carbocycles. The molecule has 0 aliphatic carbocycles. The molecule has 0 aliphatic rings. The van der Waals surface area contributed by atoms with E-state index in [2.05, 4.69) is 0 Å². The SMILES string of the molecule is Cc1cccc(C(O)c2ccccc2C(F)(F)F)c1N. The average molecular weight is 281 g/mol. The number of hydrogen-bond donors (Lipinski definition) is 2. The van der Waals surface area contributed by atoms with Gasteiger partial charge in [-0.3, -0.25) is 0 Å². The Morgan fingerprint density at radius 1 is 1.00 bits per heavy atom. The molecule has 1 atom stereocenters. The molecule has 0 heterocycles. The van der Waals surface area contributed by atoms with Gasteiger partial charge in [0.2, 0.25) is 0 Å². The lowest BCUT2D eigenvalue weighted by Crippen LogP contribution is -2.13. The van der Waals surface area contributed by atoms with Crippen molar-refractivity contribution in [2.75, 3.05) is 5.73 Å². The predicted molar refractivity (Wildman–Crippen MR) is 71.1 cm³/mol. The number of alkyl halides is 3. The highest BCUT2D eigenvalue weighted by Crippen LogP contribution is 2.37. The van der Waals surface area contributed by atoms with Gasteiger partial charge >= 0.3 is 6.18 Å². The number of nitrogens with two attached hydrogens (primary N) is 1. The first-order chi connectivity index (χ1) is 9.32. The monoisotopic (exact) mass is 281 g/mol. The summed E-state index contributed by atoms with van der Waals surface area (Å²) < 4.78 is 38.9. The van der Waals surface area contributed by atoms with E-state index in [0.717, 1.165) is 6.07 Å². The van der Waals surface area contributed by atoms with Crippen molar-refractivity contribution in [1.29, 1.82) is 0 Å². The molecule has 1 unspecified atom stereocenters. The third-order valence-corrected chi connectivity index (χ3v) is 3.21. The van der Waals surface area contributed by atoms with Crippen molar-refractivity contribution < 1.29 is 18.3 Å². The topological polar surface area (TPSA) is 46.2 Å². The van der Waals surface area contributed by atoms with Crippen LogP contribution in [0.2, 0.25) is 0 Å². The molecule has 0 bridgehead atoms. The van der Waals surface area contributed by atoms with Gasteiger partial charge in [-0.05, 0) is 24.1 Å². The maximum Gasteiger partial charge on any atom is 0.416 e. The number of para-hydroxylation sites is 1. The Labute approximate surface area is 114 Å². The van der Waals surface area contributed by atoms with Gasteiger partial charge in [0.15, 0.2) is 0 Å². The Kier molecular flexibility index (Phi) is 3.72. The molecule has 0 amide bonds. The summed E-state index contributed by atoms with van der Waals surface area (Å²) in [5, 5.41) is 10.3. The molecule has 0 aromatic heterocycles. The number of anilines is 1. The van der Waals surface area contributed by atoms with Crippen molar-refractivity contribution >= 4 is 5.69 Å². The van der Waals surface area contributed by atoms with Gasteiger partial charge in [0, 0.05) is 11.3 Å². The van der Waals surface area contributed by atoms with Crippen molar-refractivity contribution in [3.63, 3.8) is 0 Å². The first-order valence-electron chi connectivity index (χ1n) is 6.01. The number of benzene rings is 2. The lowest BCUT2D eigenvalue weighted by atomic mass is 9.94. The maximum atomic E-state index is 13.0. The standard InChI is InChI=1S/C15H14F3NO/c1-9-5-4-7-11(13(9)19)14(20)10-6-2-3-8-12(10)15(16,17)18/h2-8,14,20H,19H2,1H3. The molecule has 2 aromatic carbocycles. The second-order valence-corrected chi connectivity index (χ2v) is 4.57. The fourth-order valence-electron chi connectivity index (χ4n) is 2.10. The van der Waals surface area contributed by atoms with E-state index < -0.39 is 17.8 Å². The van der Waals surface area contributed by atoms with Crippen LogP contribution in [0, 0.1) is 6.92 Å². The van der Waals surface area contributed by atoms with Crippen LogP contribution in [-0.2, 0) is 6.18 Å². The van der Waals surface area contributed by atoms with E-state index in [1.807, 2.05) is 0 Å². The lowest BCUT2D eigenvalue weighted by Gasteiger charge is -2.19. The average Bonchev–Trinajstić information content (AvgIpc) is 2.40. The third kappa shape index (κ3) is 2.63. The number of halogens is 3. The lowest BCUT2D eigenvalue weighted by molar-refractivity contribution is -0.139. The van der Waals surface area contributed by atoms with Gasteiger partial charge in [-0.2, -0.15) is 13.2 Å². The van der Waals surface area contributed by atoms with Crippen LogP contribution in [0.1, 0.15) is 28.4 Å². The molecule has 5 heteroatoms. The van der Waals surface area contributed by atoms with Crippen molar-refractivity contribution in [2.45, 2.75) is 19.2 Å². The van der Waals surface area contributed by atoms with Crippen molar-refractivity contribution in [3.05, 3.63) is 64.7 Å². The molecule has 2 rings (SSSR count). The number of aryl methyl sites for hydroxylation is 1. The zero-order valence-electron chi connectivity index (χ0n) is 10.8. The van der Waals surface area contributed by atoms with Gasteiger partial charge in [0.25, 0.3) is 0 Å². The molecular formula is C15H14F3NO. The van der Waals surface area contributed by atoms with Gasteiger partial charge in [-0.1, -0.05) is 36.4 Å². The summed E-state index contributed by atoms with van der Waals surface area (Å²) >= 11 is 0. The van der Waals surface area contributed by atoms with E-state index in [0.29, 0.717) is 11.3 Å². The van der Waals surface area contributed by atoms with Crippen LogP contribution in [0.5, 0.6) is 0 Å². The van der Waals surface area contributed by atoms with Crippen LogP contribution in [0.3, 0.4) is 0 Å². The second-order valence-electron chi connectivity index (χ2n) is 4.57. The summed E-state index contributed by atoms with van der Waals surface area (Å²) in [5.74, 6) is 0. The Bertz CT molecular complexity index is 623. The molecule has 2 aromatic rings. The van der Waals surface area contributed by atoms with E-state index in [-0.39, 0.29) is 11.1 Å². The summed E-state index contributed by atoms with van der Waals surface area (Å²) in [6, 6.07) is 9.88. The van der Waals surface area contributed by atoms with Crippen molar-refractivity contribution in [2.24, 2.45) is 0 Å². The number of nitrogen functional groups attached to an aromatic ring is 1. The molecule has 3 N–H and O–H groups in total. The molecule has 0 aliphatic heterocycles. The first-order valence-corrected chi connectivity index (χ1v) is 6.01. The fraction of sp³-hybridized carbons (Fsp3) is 0.200. The zero-order valence-corrected chi connectivity index (χ0v) is 10.8. The van der Waals surface area contributed by atoms with Crippen molar-refractivity contribution in [3.8, 4) is 0 Å². The second kappa shape index (κ2) is 5.17. The molecule has 0 saturated heterocycles. The minimum Gasteiger partial charge on any atom is -0.398 e. The van der Waals surface area contributed by atoms with Gasteiger partial charge in [-0.25, -0.2) is 0 Å². The quantitative estimate of drug-likeness (QED) is 0.825. The minimum absolute atomic E-state index is 0.197. The van der Waals surface area contributed by atoms with Crippen LogP contribution in [0.15, 0.2) is 42.5 Å². The van der Waals surface area contributed by atoms with E-state index in [1.165, 1.54) is 24.3 Å². The summed E-state index contributed by atoms with van der Waals surface area (Å²) in [4.78, 5) is 0. The number of aliphatic hydroxyl groups is 1. The highest BCUT2D eigenvalue weighted by atomic mass is 19.4. The fourth-order valence-corrected chi connectivity index (χ4v) is 2.10. The van der Waals surface area contributed by atoms with Gasteiger partial charge in [0.1, 0.15) is 6.10 Å². The first kappa shape index (κ1) is 14.4. The highest BCUT2D eigenvalue weighted by molar-refractivity contribution is 5.56.